The molecular formula is C12H13NO10Zn+2. The van der Waals surface area contributed by atoms with Crippen LogP contribution in [0.15, 0.2) is 24.4 Å². The summed E-state index contributed by atoms with van der Waals surface area (Å²) in [5.41, 5.74) is -3.14. The number of aromatic carboxylic acids is 1. The van der Waals surface area contributed by atoms with Crippen molar-refractivity contribution in [1.82, 2.24) is 4.98 Å². The van der Waals surface area contributed by atoms with E-state index in [2.05, 4.69) is 4.98 Å². The minimum absolute atomic E-state index is 0. The van der Waals surface area contributed by atoms with E-state index in [1.54, 1.807) is 12.1 Å². The smallest absolute Gasteiger partial charge is 0.481 e. The number of hydrogen-bond donors (Lipinski definition) is 6. The Morgan fingerprint density at radius 3 is 1.88 bits per heavy atom. The minimum atomic E-state index is -3.22. The molecule has 0 fully saturated rings. The number of carbonyl (C=O) groups is 4. The molecule has 0 saturated heterocycles. The first-order valence-corrected chi connectivity index (χ1v) is 5.75. The summed E-state index contributed by atoms with van der Waals surface area (Å²) in [6.07, 6.45) is -2.66. The van der Waals surface area contributed by atoms with Crippen LogP contribution in [0.25, 0.3) is 0 Å². The van der Waals surface area contributed by atoms with Crippen molar-refractivity contribution < 1.29 is 69.3 Å². The van der Waals surface area contributed by atoms with Crippen LogP contribution in [0, 0.1) is 0 Å². The van der Waals surface area contributed by atoms with Crippen LogP contribution in [0.2, 0.25) is 0 Å². The first kappa shape index (κ1) is 23.8. The Balaban J connectivity index is 0. The van der Waals surface area contributed by atoms with Crippen LogP contribution in [-0.4, -0.2) is 71.2 Å². The Hall–Kier alpha value is -2.43. The predicted molar refractivity (Wildman–Crippen MR) is 69.7 cm³/mol. The molecule has 24 heavy (non-hydrogen) atoms. The molecule has 1 rings (SSSR count). The van der Waals surface area contributed by atoms with Gasteiger partial charge in [-0.2, -0.15) is 0 Å². The number of aliphatic hydroxyl groups is 2. The monoisotopic (exact) mass is 395 g/mol. The van der Waals surface area contributed by atoms with Crippen LogP contribution in [0.1, 0.15) is 16.9 Å². The van der Waals surface area contributed by atoms with Crippen molar-refractivity contribution in [3.63, 3.8) is 0 Å². The van der Waals surface area contributed by atoms with Gasteiger partial charge in [-0.05, 0) is 12.1 Å². The Kier molecular flexibility index (Phi) is 10.3. The largest absolute Gasteiger partial charge is 2.00 e. The predicted octanol–water partition coefficient (Wildman–Crippen LogP) is -1.50. The molecule has 0 spiro atoms. The Morgan fingerprint density at radius 1 is 1.08 bits per heavy atom. The van der Waals surface area contributed by atoms with Gasteiger partial charge in [0.1, 0.15) is 5.69 Å². The fraction of sp³-hybridized carbons (Fsp3) is 0.250. The van der Waals surface area contributed by atoms with Crippen molar-refractivity contribution in [2.45, 2.75) is 18.1 Å². The van der Waals surface area contributed by atoms with Gasteiger partial charge in [0.15, 0.2) is 6.10 Å². The molecule has 0 aliphatic carbocycles. The molecule has 11 nitrogen and oxygen atoms in total. The molecule has 0 aliphatic rings. The van der Waals surface area contributed by atoms with Crippen LogP contribution >= 0.6 is 0 Å². The number of aliphatic carboxylic acids is 3. The average Bonchev–Trinajstić information content (AvgIpc) is 2.46. The number of nitrogens with zero attached hydrogens (tertiary/aromatic N) is 1. The third-order valence-corrected chi connectivity index (χ3v) is 2.36. The Labute approximate surface area is 147 Å². The van der Waals surface area contributed by atoms with E-state index < -0.39 is 42.0 Å². The van der Waals surface area contributed by atoms with Gasteiger partial charge in [0.2, 0.25) is 5.60 Å². The molecule has 1 heterocycles. The van der Waals surface area contributed by atoms with Crippen LogP contribution in [-0.2, 0) is 33.9 Å². The van der Waals surface area contributed by atoms with Crippen molar-refractivity contribution in [3.05, 3.63) is 30.1 Å². The number of aromatic nitrogens is 1. The van der Waals surface area contributed by atoms with Crippen molar-refractivity contribution in [2.75, 3.05) is 0 Å². The van der Waals surface area contributed by atoms with E-state index in [0.717, 1.165) is 0 Å². The molecular weight excluding hydrogens is 384 g/mol. The summed E-state index contributed by atoms with van der Waals surface area (Å²) in [5.74, 6) is -6.86. The molecule has 2 unspecified atom stereocenters. The summed E-state index contributed by atoms with van der Waals surface area (Å²) in [6.45, 7) is 0. The van der Waals surface area contributed by atoms with Crippen molar-refractivity contribution in [2.24, 2.45) is 0 Å². The second-order valence-electron chi connectivity index (χ2n) is 4.06. The number of rotatable bonds is 6. The maximum Gasteiger partial charge on any atom is 2.00 e. The molecule has 0 bridgehead atoms. The zero-order chi connectivity index (χ0) is 18.2. The summed E-state index contributed by atoms with van der Waals surface area (Å²) in [6, 6.07) is 4.76. The van der Waals surface area contributed by atoms with Crippen molar-refractivity contribution >= 4 is 23.9 Å². The molecule has 1 aromatic heterocycles. The quantitative estimate of drug-likeness (QED) is 0.305. The summed E-state index contributed by atoms with van der Waals surface area (Å²) in [7, 11) is 0. The van der Waals surface area contributed by atoms with E-state index in [1.165, 1.54) is 12.3 Å². The molecule has 2 atom stereocenters. The molecule has 0 radical (unpaired) electrons. The van der Waals surface area contributed by atoms with E-state index in [1.807, 2.05) is 0 Å². The first-order valence-electron chi connectivity index (χ1n) is 5.75. The van der Waals surface area contributed by atoms with E-state index >= 15 is 0 Å². The molecule has 0 amide bonds. The fourth-order valence-electron chi connectivity index (χ4n) is 1.21. The summed E-state index contributed by atoms with van der Waals surface area (Å²) < 4.78 is 0. The minimum Gasteiger partial charge on any atom is -0.481 e. The third kappa shape index (κ3) is 7.22. The summed E-state index contributed by atoms with van der Waals surface area (Å²) in [5, 5.41) is 51.0. The van der Waals surface area contributed by atoms with Crippen LogP contribution in [0.5, 0.6) is 0 Å². The number of carboxylic acids is 4. The number of pyridine rings is 1. The number of carboxylic acid groups (broad SMARTS) is 4. The van der Waals surface area contributed by atoms with E-state index in [9.17, 15) is 19.2 Å². The second kappa shape index (κ2) is 10.4. The zero-order valence-corrected chi connectivity index (χ0v) is 15.0. The van der Waals surface area contributed by atoms with E-state index in [4.69, 9.17) is 30.6 Å². The van der Waals surface area contributed by atoms with Gasteiger partial charge in [-0.1, -0.05) is 6.07 Å². The van der Waals surface area contributed by atoms with Gasteiger partial charge < -0.3 is 30.6 Å². The molecule has 1 aromatic rings. The SMILES string of the molecule is O=C(O)CC(O)(C(=O)O)C(O)C(=O)O.O=C(O)c1ccccn1.[Zn+2]. The summed E-state index contributed by atoms with van der Waals surface area (Å²) in [4.78, 5) is 44.4. The van der Waals surface area contributed by atoms with Crippen LogP contribution in [0.4, 0.5) is 0 Å². The topological polar surface area (TPSA) is 203 Å². The second-order valence-corrected chi connectivity index (χ2v) is 4.06. The number of aliphatic hydroxyl groups excluding tert-OH is 1. The molecule has 12 heteroatoms. The standard InChI is InChI=1S/C6H5NO2.C6H8O8.Zn/c8-6(9)5-3-1-2-4-7-5;7-2(8)1-6(14,5(12)13)3(9)4(10)11;/h1-4H,(H,8,9);3,9,14H,1H2,(H,7,8)(H,10,11)(H,12,13);/q;;+2. The van der Waals surface area contributed by atoms with Crippen LogP contribution in [0.3, 0.4) is 0 Å². The summed E-state index contributed by atoms with van der Waals surface area (Å²) >= 11 is 0. The Bertz CT molecular complexity index is 593. The van der Waals surface area contributed by atoms with Crippen LogP contribution < -0.4 is 0 Å². The van der Waals surface area contributed by atoms with E-state index in [-0.39, 0.29) is 25.2 Å². The van der Waals surface area contributed by atoms with Gasteiger partial charge >= 0.3 is 43.4 Å². The first-order chi connectivity index (χ1) is 10.5. The number of hydrogen-bond acceptors (Lipinski definition) is 7. The molecule has 0 aromatic carbocycles. The average molecular weight is 397 g/mol. The third-order valence-electron chi connectivity index (χ3n) is 2.36. The van der Waals surface area contributed by atoms with Gasteiger partial charge in [0.25, 0.3) is 0 Å². The maximum absolute atomic E-state index is 10.4. The van der Waals surface area contributed by atoms with Gasteiger partial charge in [-0.15, -0.1) is 0 Å². The van der Waals surface area contributed by atoms with Gasteiger partial charge in [-0.25, -0.2) is 19.4 Å². The maximum atomic E-state index is 10.4. The normalized spacial score (nSPS) is 13.1. The molecule has 0 saturated carbocycles. The van der Waals surface area contributed by atoms with Gasteiger partial charge in [-0.3, -0.25) is 4.79 Å². The van der Waals surface area contributed by atoms with E-state index in [0.29, 0.717) is 0 Å². The Morgan fingerprint density at radius 2 is 1.62 bits per heavy atom. The van der Waals surface area contributed by atoms with Crippen molar-refractivity contribution in [1.29, 1.82) is 0 Å². The van der Waals surface area contributed by atoms with Gasteiger partial charge in [0.05, 0.1) is 6.42 Å². The molecule has 126 valence electrons. The fourth-order valence-corrected chi connectivity index (χ4v) is 1.21. The zero-order valence-electron chi connectivity index (χ0n) is 12.1. The van der Waals surface area contributed by atoms with Crippen molar-refractivity contribution in [3.8, 4) is 0 Å². The molecule has 6 N–H and O–H groups in total. The molecule has 0 aliphatic heterocycles. The van der Waals surface area contributed by atoms with Gasteiger partial charge in [0, 0.05) is 6.20 Å².